The average molecular weight is 287 g/mol. The fourth-order valence-electron chi connectivity index (χ4n) is 2.39. The van der Waals surface area contributed by atoms with Crippen molar-refractivity contribution in [1.82, 2.24) is 5.32 Å². The Hall–Kier alpha value is -1.88. The van der Waals surface area contributed by atoms with Gasteiger partial charge in [0.2, 0.25) is 5.91 Å². The van der Waals surface area contributed by atoms with E-state index in [2.05, 4.69) is 10.6 Å². The number of anilines is 1. The molecule has 0 spiro atoms. The molecular weight excluding hydrogens is 266 g/mol. The molecule has 0 saturated heterocycles. The van der Waals surface area contributed by atoms with Crippen LogP contribution in [-0.4, -0.2) is 23.9 Å². The highest BCUT2D eigenvalue weighted by atomic mass is 16.2. The van der Waals surface area contributed by atoms with E-state index >= 15 is 0 Å². The van der Waals surface area contributed by atoms with Crippen LogP contribution in [0.3, 0.4) is 0 Å². The third kappa shape index (κ3) is 3.82. The minimum Gasteiger partial charge on any atom is -0.349 e. The SMILES string of the molecule is NC(CC(=O)Nc1ccccc1C(=O)NC1CC1)C1CC1. The zero-order chi connectivity index (χ0) is 14.8. The zero-order valence-electron chi connectivity index (χ0n) is 12.0. The van der Waals surface area contributed by atoms with Crippen molar-refractivity contribution in [2.45, 2.75) is 44.2 Å². The van der Waals surface area contributed by atoms with Gasteiger partial charge in [-0.15, -0.1) is 0 Å². The number of para-hydroxylation sites is 1. The van der Waals surface area contributed by atoms with Crippen molar-refractivity contribution in [2.75, 3.05) is 5.32 Å². The fourth-order valence-corrected chi connectivity index (χ4v) is 2.39. The van der Waals surface area contributed by atoms with Gasteiger partial charge in [-0.3, -0.25) is 9.59 Å². The number of carbonyl (C=O) groups excluding carboxylic acids is 2. The first-order valence-electron chi connectivity index (χ1n) is 7.59. The van der Waals surface area contributed by atoms with Gasteiger partial charge in [-0.1, -0.05) is 12.1 Å². The molecule has 4 N–H and O–H groups in total. The summed E-state index contributed by atoms with van der Waals surface area (Å²) < 4.78 is 0. The highest BCUT2D eigenvalue weighted by Gasteiger charge is 2.30. The predicted molar refractivity (Wildman–Crippen MR) is 80.9 cm³/mol. The molecule has 2 saturated carbocycles. The van der Waals surface area contributed by atoms with Gasteiger partial charge in [0.1, 0.15) is 0 Å². The van der Waals surface area contributed by atoms with Crippen LogP contribution in [0.2, 0.25) is 0 Å². The Morgan fingerprint density at radius 3 is 2.57 bits per heavy atom. The Morgan fingerprint density at radius 1 is 1.19 bits per heavy atom. The van der Waals surface area contributed by atoms with E-state index in [0.717, 1.165) is 25.7 Å². The molecule has 3 rings (SSSR count). The lowest BCUT2D eigenvalue weighted by Gasteiger charge is -2.13. The van der Waals surface area contributed by atoms with E-state index in [0.29, 0.717) is 29.6 Å². The molecule has 21 heavy (non-hydrogen) atoms. The van der Waals surface area contributed by atoms with Gasteiger partial charge in [0.05, 0.1) is 11.3 Å². The summed E-state index contributed by atoms with van der Waals surface area (Å²) in [7, 11) is 0. The first-order valence-corrected chi connectivity index (χ1v) is 7.59. The highest BCUT2D eigenvalue weighted by Crippen LogP contribution is 2.33. The van der Waals surface area contributed by atoms with E-state index in [1.165, 1.54) is 0 Å². The number of benzene rings is 1. The Bertz CT molecular complexity index is 550. The first-order chi connectivity index (χ1) is 10.1. The highest BCUT2D eigenvalue weighted by molar-refractivity contribution is 6.04. The van der Waals surface area contributed by atoms with Gasteiger partial charge < -0.3 is 16.4 Å². The molecule has 2 fully saturated rings. The van der Waals surface area contributed by atoms with Crippen molar-refractivity contribution in [3.63, 3.8) is 0 Å². The van der Waals surface area contributed by atoms with Crippen LogP contribution in [0.25, 0.3) is 0 Å². The summed E-state index contributed by atoms with van der Waals surface area (Å²) in [6, 6.07) is 7.32. The largest absolute Gasteiger partial charge is 0.349 e. The molecule has 1 atom stereocenters. The number of hydrogen-bond acceptors (Lipinski definition) is 3. The second kappa shape index (κ2) is 5.85. The van der Waals surface area contributed by atoms with Crippen molar-refractivity contribution in [1.29, 1.82) is 0 Å². The number of nitrogens with one attached hydrogen (secondary N) is 2. The topological polar surface area (TPSA) is 84.2 Å². The Morgan fingerprint density at radius 2 is 1.90 bits per heavy atom. The smallest absolute Gasteiger partial charge is 0.253 e. The lowest BCUT2D eigenvalue weighted by atomic mass is 10.1. The van der Waals surface area contributed by atoms with Crippen LogP contribution in [-0.2, 0) is 4.79 Å². The number of rotatable bonds is 6. The molecular formula is C16H21N3O2. The van der Waals surface area contributed by atoms with Crippen molar-refractivity contribution in [3.05, 3.63) is 29.8 Å². The van der Waals surface area contributed by atoms with E-state index in [9.17, 15) is 9.59 Å². The number of hydrogen-bond donors (Lipinski definition) is 3. The minimum absolute atomic E-state index is 0.0718. The van der Waals surface area contributed by atoms with Crippen LogP contribution in [0, 0.1) is 5.92 Å². The van der Waals surface area contributed by atoms with Gasteiger partial charge in [0.15, 0.2) is 0 Å². The van der Waals surface area contributed by atoms with Crippen molar-refractivity contribution in [3.8, 4) is 0 Å². The molecule has 0 heterocycles. The molecule has 1 unspecified atom stereocenters. The summed E-state index contributed by atoms with van der Waals surface area (Å²) in [5, 5.41) is 5.76. The quantitative estimate of drug-likeness (QED) is 0.743. The average Bonchev–Trinajstić information content (AvgIpc) is 3.32. The normalized spacial score (nSPS) is 18.9. The monoisotopic (exact) mass is 287 g/mol. The Balaban J connectivity index is 1.63. The predicted octanol–water partition coefficient (Wildman–Crippen LogP) is 1.64. The second-order valence-electron chi connectivity index (χ2n) is 6.05. The standard InChI is InChI=1S/C16H21N3O2/c17-13(10-5-6-10)9-15(20)19-14-4-2-1-3-12(14)16(21)18-11-7-8-11/h1-4,10-11,13H,5-9,17H2,(H,18,21)(H,19,20). The second-order valence-corrected chi connectivity index (χ2v) is 6.05. The molecule has 0 aromatic heterocycles. The molecule has 1 aromatic carbocycles. The number of nitrogens with two attached hydrogens (primary N) is 1. The van der Waals surface area contributed by atoms with Crippen LogP contribution in [0.5, 0.6) is 0 Å². The van der Waals surface area contributed by atoms with Crippen LogP contribution in [0.4, 0.5) is 5.69 Å². The van der Waals surface area contributed by atoms with E-state index in [4.69, 9.17) is 5.73 Å². The van der Waals surface area contributed by atoms with Gasteiger partial charge in [0, 0.05) is 18.5 Å². The molecule has 112 valence electrons. The van der Waals surface area contributed by atoms with Gasteiger partial charge in [-0.2, -0.15) is 0 Å². The van der Waals surface area contributed by atoms with E-state index in [-0.39, 0.29) is 17.9 Å². The molecule has 2 aliphatic rings. The fraction of sp³-hybridized carbons (Fsp3) is 0.500. The van der Waals surface area contributed by atoms with E-state index in [1.54, 1.807) is 18.2 Å². The van der Waals surface area contributed by atoms with Gasteiger partial charge in [0.25, 0.3) is 5.91 Å². The zero-order valence-corrected chi connectivity index (χ0v) is 12.0. The molecule has 5 heteroatoms. The molecule has 0 bridgehead atoms. The first kappa shape index (κ1) is 14.1. The van der Waals surface area contributed by atoms with Crippen LogP contribution >= 0.6 is 0 Å². The van der Waals surface area contributed by atoms with E-state index < -0.39 is 0 Å². The van der Waals surface area contributed by atoms with Gasteiger partial charge >= 0.3 is 0 Å². The maximum Gasteiger partial charge on any atom is 0.253 e. The van der Waals surface area contributed by atoms with E-state index in [1.807, 2.05) is 6.07 Å². The summed E-state index contributed by atoms with van der Waals surface area (Å²) in [5.74, 6) is 0.241. The van der Waals surface area contributed by atoms with Gasteiger partial charge in [-0.05, 0) is 43.7 Å². The third-order valence-corrected chi connectivity index (χ3v) is 4.01. The maximum absolute atomic E-state index is 12.2. The number of carbonyl (C=O) groups is 2. The van der Waals surface area contributed by atoms with Crippen LogP contribution in [0.15, 0.2) is 24.3 Å². The van der Waals surface area contributed by atoms with Crippen LogP contribution < -0.4 is 16.4 Å². The summed E-state index contributed by atoms with van der Waals surface area (Å²) in [5.41, 5.74) is 7.04. The maximum atomic E-state index is 12.2. The molecule has 2 amide bonds. The number of amides is 2. The molecule has 0 aliphatic heterocycles. The third-order valence-electron chi connectivity index (χ3n) is 4.01. The van der Waals surface area contributed by atoms with Crippen LogP contribution in [0.1, 0.15) is 42.5 Å². The minimum atomic E-state index is -0.125. The lowest BCUT2D eigenvalue weighted by molar-refractivity contribution is -0.116. The summed E-state index contributed by atoms with van der Waals surface area (Å²) >= 11 is 0. The summed E-state index contributed by atoms with van der Waals surface area (Å²) in [4.78, 5) is 24.2. The van der Waals surface area contributed by atoms with Gasteiger partial charge in [-0.25, -0.2) is 0 Å². The Labute approximate surface area is 124 Å². The Kier molecular flexibility index (Phi) is 3.92. The molecule has 5 nitrogen and oxygen atoms in total. The summed E-state index contributed by atoms with van der Waals surface area (Å²) in [6.07, 6.45) is 4.62. The molecule has 0 radical (unpaired) electrons. The molecule has 1 aromatic rings. The van der Waals surface area contributed by atoms with Crippen molar-refractivity contribution >= 4 is 17.5 Å². The summed E-state index contributed by atoms with van der Waals surface area (Å²) in [6.45, 7) is 0. The van der Waals surface area contributed by atoms with Crippen molar-refractivity contribution < 1.29 is 9.59 Å². The molecule has 2 aliphatic carbocycles. The van der Waals surface area contributed by atoms with Crippen molar-refractivity contribution in [2.24, 2.45) is 11.7 Å². The lowest BCUT2D eigenvalue weighted by Crippen LogP contribution is -2.30.